The van der Waals surface area contributed by atoms with Crippen LogP contribution in [0.1, 0.15) is 12.0 Å². The van der Waals surface area contributed by atoms with Crippen LogP contribution in [0.25, 0.3) is 0 Å². The van der Waals surface area contributed by atoms with E-state index < -0.39 is 6.36 Å². The standard InChI is InChI=1S/C14H18F3NO3/c1-19-13(6-7-20-10-13)9-18-8-11-2-4-12(5-3-11)21-14(15,16)17/h2-5,18H,6-10H2,1H3. The van der Waals surface area contributed by atoms with E-state index in [0.29, 0.717) is 26.3 Å². The van der Waals surface area contributed by atoms with Gasteiger partial charge in [0.25, 0.3) is 0 Å². The van der Waals surface area contributed by atoms with Gasteiger partial charge in [0.1, 0.15) is 11.4 Å². The zero-order valence-electron chi connectivity index (χ0n) is 11.7. The number of methoxy groups -OCH3 is 1. The summed E-state index contributed by atoms with van der Waals surface area (Å²) in [6.45, 7) is 2.40. The summed E-state index contributed by atoms with van der Waals surface area (Å²) in [6, 6.07) is 5.79. The van der Waals surface area contributed by atoms with Gasteiger partial charge in [-0.05, 0) is 17.7 Å². The molecule has 1 fully saturated rings. The lowest BCUT2D eigenvalue weighted by Crippen LogP contribution is -2.42. The van der Waals surface area contributed by atoms with Crippen molar-refractivity contribution in [2.45, 2.75) is 24.9 Å². The molecule has 0 radical (unpaired) electrons. The van der Waals surface area contributed by atoms with Crippen molar-refractivity contribution in [3.05, 3.63) is 29.8 Å². The van der Waals surface area contributed by atoms with E-state index in [4.69, 9.17) is 9.47 Å². The fraction of sp³-hybridized carbons (Fsp3) is 0.571. The molecule has 1 aliphatic heterocycles. The number of hydrogen-bond donors (Lipinski definition) is 1. The van der Waals surface area contributed by atoms with E-state index in [0.717, 1.165) is 12.0 Å². The van der Waals surface area contributed by atoms with E-state index in [1.807, 2.05) is 0 Å². The second-order valence-electron chi connectivity index (χ2n) is 4.99. The minimum absolute atomic E-state index is 0.219. The molecule has 1 aliphatic rings. The highest BCUT2D eigenvalue weighted by Gasteiger charge is 2.34. The molecule has 1 atom stereocenters. The molecule has 1 aromatic rings. The van der Waals surface area contributed by atoms with Crippen molar-refractivity contribution in [3.63, 3.8) is 0 Å². The molecular formula is C14H18F3NO3. The molecule has 0 aliphatic carbocycles. The Labute approximate surface area is 121 Å². The van der Waals surface area contributed by atoms with Gasteiger partial charge in [-0.3, -0.25) is 0 Å². The minimum Gasteiger partial charge on any atom is -0.406 e. The fourth-order valence-electron chi connectivity index (χ4n) is 2.20. The van der Waals surface area contributed by atoms with Crippen LogP contribution in [0.4, 0.5) is 13.2 Å². The van der Waals surface area contributed by atoms with Crippen LogP contribution in [0, 0.1) is 0 Å². The normalized spacial score (nSPS) is 22.5. The summed E-state index contributed by atoms with van der Waals surface area (Å²) in [4.78, 5) is 0. The molecule has 7 heteroatoms. The summed E-state index contributed by atoms with van der Waals surface area (Å²) in [5.74, 6) is -0.219. The summed E-state index contributed by atoms with van der Waals surface area (Å²) in [5.41, 5.74) is 0.564. The quantitative estimate of drug-likeness (QED) is 0.876. The number of ether oxygens (including phenoxy) is 3. The maximum absolute atomic E-state index is 12.0. The molecule has 1 aromatic carbocycles. The van der Waals surface area contributed by atoms with Crippen LogP contribution in [0.2, 0.25) is 0 Å². The Morgan fingerprint density at radius 1 is 1.29 bits per heavy atom. The van der Waals surface area contributed by atoms with Crippen molar-refractivity contribution in [1.29, 1.82) is 0 Å². The molecule has 1 N–H and O–H groups in total. The molecule has 4 nitrogen and oxygen atoms in total. The van der Waals surface area contributed by atoms with Gasteiger partial charge in [0.05, 0.1) is 6.61 Å². The molecule has 0 spiro atoms. The molecular weight excluding hydrogens is 287 g/mol. The molecule has 1 saturated heterocycles. The van der Waals surface area contributed by atoms with Gasteiger partial charge in [0, 0.05) is 33.2 Å². The number of benzene rings is 1. The van der Waals surface area contributed by atoms with Gasteiger partial charge in [-0.25, -0.2) is 0 Å². The third kappa shape index (κ3) is 4.87. The Kier molecular flexibility index (Phi) is 5.08. The first-order valence-corrected chi connectivity index (χ1v) is 6.61. The van der Waals surface area contributed by atoms with E-state index in [2.05, 4.69) is 10.1 Å². The first-order chi connectivity index (χ1) is 9.92. The summed E-state index contributed by atoms with van der Waals surface area (Å²) >= 11 is 0. The molecule has 0 amide bonds. The largest absolute Gasteiger partial charge is 0.573 e. The van der Waals surface area contributed by atoms with E-state index in [1.54, 1.807) is 19.2 Å². The zero-order chi connectivity index (χ0) is 15.3. The highest BCUT2D eigenvalue weighted by atomic mass is 19.4. The molecule has 2 rings (SSSR count). The first-order valence-electron chi connectivity index (χ1n) is 6.61. The maximum Gasteiger partial charge on any atom is 0.573 e. The van der Waals surface area contributed by atoms with Gasteiger partial charge in [-0.2, -0.15) is 0 Å². The molecule has 21 heavy (non-hydrogen) atoms. The van der Waals surface area contributed by atoms with Gasteiger partial charge in [0.2, 0.25) is 0 Å². The highest BCUT2D eigenvalue weighted by Crippen LogP contribution is 2.23. The van der Waals surface area contributed by atoms with Gasteiger partial charge in [-0.1, -0.05) is 12.1 Å². The minimum atomic E-state index is -4.66. The lowest BCUT2D eigenvalue weighted by Gasteiger charge is -2.26. The Bertz CT molecular complexity index is 442. The second kappa shape index (κ2) is 6.64. The third-order valence-corrected chi connectivity index (χ3v) is 3.43. The number of halogens is 3. The van der Waals surface area contributed by atoms with Crippen molar-refractivity contribution < 1.29 is 27.4 Å². The fourth-order valence-corrected chi connectivity index (χ4v) is 2.20. The average molecular weight is 305 g/mol. The smallest absolute Gasteiger partial charge is 0.406 e. The van der Waals surface area contributed by atoms with Crippen molar-refractivity contribution in [3.8, 4) is 5.75 Å². The van der Waals surface area contributed by atoms with E-state index in [9.17, 15) is 13.2 Å². The van der Waals surface area contributed by atoms with E-state index in [-0.39, 0.29) is 11.4 Å². The van der Waals surface area contributed by atoms with Crippen LogP contribution in [-0.4, -0.2) is 38.8 Å². The Morgan fingerprint density at radius 2 is 2.00 bits per heavy atom. The van der Waals surface area contributed by atoms with Crippen molar-refractivity contribution in [2.75, 3.05) is 26.9 Å². The van der Waals surface area contributed by atoms with Gasteiger partial charge < -0.3 is 19.5 Å². The molecule has 118 valence electrons. The number of rotatable bonds is 6. The monoisotopic (exact) mass is 305 g/mol. The predicted molar refractivity (Wildman–Crippen MR) is 70.0 cm³/mol. The van der Waals surface area contributed by atoms with Crippen molar-refractivity contribution in [2.24, 2.45) is 0 Å². The van der Waals surface area contributed by atoms with Crippen LogP contribution < -0.4 is 10.1 Å². The summed E-state index contributed by atoms with van der Waals surface area (Å²) in [6.07, 6.45) is -3.83. The van der Waals surface area contributed by atoms with E-state index in [1.165, 1.54) is 12.1 Å². The summed E-state index contributed by atoms with van der Waals surface area (Å²) < 4.78 is 50.7. The highest BCUT2D eigenvalue weighted by molar-refractivity contribution is 5.27. The van der Waals surface area contributed by atoms with Crippen LogP contribution in [0.15, 0.2) is 24.3 Å². The molecule has 1 heterocycles. The lowest BCUT2D eigenvalue weighted by atomic mass is 10.0. The van der Waals surface area contributed by atoms with Crippen molar-refractivity contribution in [1.82, 2.24) is 5.32 Å². The van der Waals surface area contributed by atoms with Crippen LogP contribution >= 0.6 is 0 Å². The molecule has 1 unspecified atom stereocenters. The Balaban J connectivity index is 1.81. The molecule has 0 aromatic heterocycles. The first kappa shape index (κ1) is 16.1. The van der Waals surface area contributed by atoms with Crippen LogP contribution in [-0.2, 0) is 16.0 Å². The van der Waals surface area contributed by atoms with Crippen LogP contribution in [0.5, 0.6) is 5.75 Å². The van der Waals surface area contributed by atoms with Crippen LogP contribution in [0.3, 0.4) is 0 Å². The van der Waals surface area contributed by atoms with Crippen molar-refractivity contribution >= 4 is 0 Å². The Hall–Kier alpha value is -1.31. The summed E-state index contributed by atoms with van der Waals surface area (Å²) in [7, 11) is 1.65. The van der Waals surface area contributed by atoms with Gasteiger partial charge >= 0.3 is 6.36 Å². The molecule has 0 bridgehead atoms. The predicted octanol–water partition coefficient (Wildman–Crippen LogP) is 2.48. The molecule has 0 saturated carbocycles. The third-order valence-electron chi connectivity index (χ3n) is 3.43. The maximum atomic E-state index is 12.0. The SMILES string of the molecule is COC1(CNCc2ccc(OC(F)(F)F)cc2)CCOC1. The number of alkyl halides is 3. The van der Waals surface area contributed by atoms with Gasteiger partial charge in [0.15, 0.2) is 0 Å². The lowest BCUT2D eigenvalue weighted by molar-refractivity contribution is -0.274. The Morgan fingerprint density at radius 3 is 2.52 bits per heavy atom. The number of nitrogens with one attached hydrogen (secondary N) is 1. The summed E-state index contributed by atoms with van der Waals surface area (Å²) in [5, 5.41) is 3.24. The zero-order valence-corrected chi connectivity index (χ0v) is 11.7. The second-order valence-corrected chi connectivity index (χ2v) is 4.99. The topological polar surface area (TPSA) is 39.7 Å². The van der Waals surface area contributed by atoms with E-state index >= 15 is 0 Å². The average Bonchev–Trinajstić information content (AvgIpc) is 2.89. The number of hydrogen-bond acceptors (Lipinski definition) is 4. The van der Waals surface area contributed by atoms with Gasteiger partial charge in [-0.15, -0.1) is 13.2 Å².